The zero-order valence-corrected chi connectivity index (χ0v) is 12.8. The van der Waals surface area contributed by atoms with Crippen LogP contribution in [0.15, 0.2) is 24.3 Å². The second-order valence-corrected chi connectivity index (χ2v) is 5.56. The molecule has 2 rings (SSSR count). The number of benzene rings is 1. The van der Waals surface area contributed by atoms with Gasteiger partial charge in [0.15, 0.2) is 6.61 Å². The molecule has 0 atom stereocenters. The van der Waals surface area contributed by atoms with Crippen molar-refractivity contribution in [2.24, 2.45) is 5.92 Å². The van der Waals surface area contributed by atoms with Gasteiger partial charge in [0.1, 0.15) is 0 Å². The van der Waals surface area contributed by atoms with Gasteiger partial charge in [-0.05, 0) is 37.1 Å². The summed E-state index contributed by atoms with van der Waals surface area (Å²) in [4.78, 5) is 36.4. The first kappa shape index (κ1) is 16.0. The summed E-state index contributed by atoms with van der Waals surface area (Å²) >= 11 is 0. The highest BCUT2D eigenvalue weighted by atomic mass is 16.5. The standard InChI is InChI=1S/C16H20N2O4/c1-18(2)15(20)11-6-8-13(9-7-11)17-14(19)10-22-16(21)12-4-3-5-12/h6-9,12H,3-5,10H2,1-2H3,(H,17,19). The highest BCUT2D eigenvalue weighted by molar-refractivity contribution is 5.96. The number of rotatable bonds is 5. The predicted molar refractivity (Wildman–Crippen MR) is 81.4 cm³/mol. The van der Waals surface area contributed by atoms with E-state index in [-0.39, 0.29) is 30.3 Å². The maximum atomic E-state index is 11.7. The predicted octanol–water partition coefficient (Wildman–Crippen LogP) is 1.67. The van der Waals surface area contributed by atoms with Crippen LogP contribution in [0.4, 0.5) is 5.69 Å². The number of carbonyl (C=O) groups excluding carboxylic acids is 3. The summed E-state index contributed by atoms with van der Waals surface area (Å²) in [6.07, 6.45) is 2.74. The third-order valence-electron chi connectivity index (χ3n) is 3.61. The molecule has 1 N–H and O–H groups in total. The molecule has 1 fully saturated rings. The lowest BCUT2D eigenvalue weighted by atomic mass is 9.86. The topological polar surface area (TPSA) is 75.7 Å². The van der Waals surface area contributed by atoms with E-state index in [4.69, 9.17) is 4.74 Å². The van der Waals surface area contributed by atoms with E-state index in [0.29, 0.717) is 11.3 Å². The molecule has 0 aliphatic heterocycles. The molecule has 118 valence electrons. The summed E-state index contributed by atoms with van der Waals surface area (Å²) in [5, 5.41) is 2.63. The van der Waals surface area contributed by atoms with Crippen molar-refractivity contribution in [1.29, 1.82) is 0 Å². The van der Waals surface area contributed by atoms with Crippen molar-refractivity contribution in [3.63, 3.8) is 0 Å². The Kier molecular flexibility index (Phi) is 5.14. The van der Waals surface area contributed by atoms with Gasteiger partial charge in [0.05, 0.1) is 5.92 Å². The number of esters is 1. The van der Waals surface area contributed by atoms with Gasteiger partial charge in [-0.15, -0.1) is 0 Å². The van der Waals surface area contributed by atoms with E-state index >= 15 is 0 Å². The molecule has 1 saturated carbocycles. The Morgan fingerprint density at radius 3 is 2.32 bits per heavy atom. The average molecular weight is 304 g/mol. The second-order valence-electron chi connectivity index (χ2n) is 5.56. The van der Waals surface area contributed by atoms with Crippen molar-refractivity contribution < 1.29 is 19.1 Å². The Morgan fingerprint density at radius 1 is 1.18 bits per heavy atom. The van der Waals surface area contributed by atoms with Gasteiger partial charge in [-0.2, -0.15) is 0 Å². The van der Waals surface area contributed by atoms with E-state index in [2.05, 4.69) is 5.32 Å². The quantitative estimate of drug-likeness (QED) is 0.840. The van der Waals surface area contributed by atoms with Gasteiger partial charge >= 0.3 is 5.97 Å². The number of carbonyl (C=O) groups is 3. The maximum absolute atomic E-state index is 11.7. The molecule has 0 radical (unpaired) electrons. The average Bonchev–Trinajstić information content (AvgIpc) is 2.43. The summed E-state index contributed by atoms with van der Waals surface area (Å²) in [6.45, 7) is -0.284. The minimum atomic E-state index is -0.389. The largest absolute Gasteiger partial charge is 0.455 e. The normalized spacial score (nSPS) is 13.9. The lowest BCUT2D eigenvalue weighted by molar-refractivity contribution is -0.154. The van der Waals surface area contributed by atoms with Crippen LogP contribution in [-0.2, 0) is 14.3 Å². The molecule has 0 unspecified atom stereocenters. The highest BCUT2D eigenvalue weighted by Crippen LogP contribution is 2.27. The molecular formula is C16H20N2O4. The van der Waals surface area contributed by atoms with Gasteiger partial charge < -0.3 is 15.0 Å². The Bertz CT molecular complexity index is 562. The first-order valence-corrected chi connectivity index (χ1v) is 7.25. The van der Waals surface area contributed by atoms with Crippen molar-refractivity contribution in [3.05, 3.63) is 29.8 Å². The van der Waals surface area contributed by atoms with Crippen molar-refractivity contribution in [3.8, 4) is 0 Å². The van der Waals surface area contributed by atoms with Crippen LogP contribution in [0.25, 0.3) is 0 Å². The molecule has 0 heterocycles. The Labute approximate surface area is 129 Å². The van der Waals surface area contributed by atoms with Crippen molar-refractivity contribution >= 4 is 23.5 Å². The third-order valence-corrected chi connectivity index (χ3v) is 3.61. The molecule has 0 saturated heterocycles. The number of anilines is 1. The molecule has 6 heteroatoms. The minimum Gasteiger partial charge on any atom is -0.455 e. The zero-order chi connectivity index (χ0) is 16.1. The first-order valence-electron chi connectivity index (χ1n) is 7.25. The Morgan fingerprint density at radius 2 is 1.82 bits per heavy atom. The number of ether oxygens (including phenoxy) is 1. The molecule has 0 bridgehead atoms. The number of nitrogens with one attached hydrogen (secondary N) is 1. The molecule has 6 nitrogen and oxygen atoms in total. The smallest absolute Gasteiger partial charge is 0.309 e. The summed E-state index contributed by atoms with van der Waals surface area (Å²) in [5.41, 5.74) is 1.10. The molecule has 22 heavy (non-hydrogen) atoms. The van der Waals surface area contributed by atoms with Gasteiger partial charge in [0.25, 0.3) is 11.8 Å². The SMILES string of the molecule is CN(C)C(=O)c1ccc(NC(=O)COC(=O)C2CCC2)cc1. The number of nitrogens with zero attached hydrogens (tertiary/aromatic N) is 1. The Balaban J connectivity index is 1.81. The van der Waals surface area contributed by atoms with E-state index in [1.807, 2.05) is 0 Å². The molecular weight excluding hydrogens is 284 g/mol. The van der Waals surface area contributed by atoms with Crippen LogP contribution in [0.5, 0.6) is 0 Å². The van der Waals surface area contributed by atoms with E-state index in [1.54, 1.807) is 38.4 Å². The van der Waals surface area contributed by atoms with Gasteiger partial charge in [-0.25, -0.2) is 0 Å². The summed E-state index contributed by atoms with van der Waals surface area (Å²) in [6, 6.07) is 6.56. The fourth-order valence-electron chi connectivity index (χ4n) is 2.05. The van der Waals surface area contributed by atoms with Crippen LogP contribution in [0, 0.1) is 5.92 Å². The lowest BCUT2D eigenvalue weighted by Crippen LogP contribution is -2.28. The van der Waals surface area contributed by atoms with Gasteiger partial charge in [-0.1, -0.05) is 6.42 Å². The van der Waals surface area contributed by atoms with Crippen LogP contribution >= 0.6 is 0 Å². The van der Waals surface area contributed by atoms with Crippen molar-refractivity contribution in [2.75, 3.05) is 26.0 Å². The van der Waals surface area contributed by atoms with Gasteiger partial charge in [-0.3, -0.25) is 14.4 Å². The van der Waals surface area contributed by atoms with Gasteiger partial charge in [0.2, 0.25) is 0 Å². The molecule has 0 aromatic heterocycles. The van der Waals surface area contributed by atoms with Crippen LogP contribution < -0.4 is 5.32 Å². The lowest BCUT2D eigenvalue weighted by Gasteiger charge is -2.22. The van der Waals surface area contributed by atoms with E-state index in [1.165, 1.54) is 4.90 Å². The zero-order valence-electron chi connectivity index (χ0n) is 12.8. The molecule has 1 aliphatic carbocycles. The molecule has 1 aliphatic rings. The van der Waals surface area contributed by atoms with Gasteiger partial charge in [0, 0.05) is 25.3 Å². The van der Waals surface area contributed by atoms with Crippen LogP contribution in [0.2, 0.25) is 0 Å². The third kappa shape index (κ3) is 4.07. The summed E-state index contributed by atoms with van der Waals surface area (Å²) in [5.74, 6) is -0.830. The van der Waals surface area contributed by atoms with Crippen LogP contribution in [-0.4, -0.2) is 43.4 Å². The molecule has 0 spiro atoms. The molecule has 2 amide bonds. The number of amides is 2. The first-order chi connectivity index (χ1) is 10.5. The monoisotopic (exact) mass is 304 g/mol. The Hall–Kier alpha value is -2.37. The summed E-state index contributed by atoms with van der Waals surface area (Å²) < 4.78 is 4.96. The fourth-order valence-corrected chi connectivity index (χ4v) is 2.05. The molecule has 1 aromatic carbocycles. The van der Waals surface area contributed by atoms with Crippen molar-refractivity contribution in [2.45, 2.75) is 19.3 Å². The van der Waals surface area contributed by atoms with Crippen LogP contribution in [0.3, 0.4) is 0 Å². The summed E-state index contributed by atoms with van der Waals surface area (Å²) in [7, 11) is 3.35. The fraction of sp³-hybridized carbons (Fsp3) is 0.438. The van der Waals surface area contributed by atoms with E-state index in [9.17, 15) is 14.4 Å². The molecule has 1 aromatic rings. The number of hydrogen-bond acceptors (Lipinski definition) is 4. The second kappa shape index (κ2) is 7.06. The highest BCUT2D eigenvalue weighted by Gasteiger charge is 2.27. The van der Waals surface area contributed by atoms with Crippen molar-refractivity contribution in [1.82, 2.24) is 4.90 Å². The van der Waals surface area contributed by atoms with E-state index in [0.717, 1.165) is 19.3 Å². The maximum Gasteiger partial charge on any atom is 0.309 e. The number of hydrogen-bond donors (Lipinski definition) is 1. The van der Waals surface area contributed by atoms with Crippen LogP contribution in [0.1, 0.15) is 29.6 Å². The van der Waals surface area contributed by atoms with E-state index < -0.39 is 0 Å². The minimum absolute atomic E-state index is 0.0378.